The van der Waals surface area contributed by atoms with Crippen LogP contribution in [0.2, 0.25) is 0 Å². The van der Waals surface area contributed by atoms with E-state index in [9.17, 15) is 9.59 Å². The van der Waals surface area contributed by atoms with Crippen LogP contribution in [-0.2, 0) is 22.4 Å². The molecule has 0 N–H and O–H groups in total. The number of carbonyl (C=O) groups excluding carboxylic acids is 2. The van der Waals surface area contributed by atoms with E-state index < -0.39 is 0 Å². The number of carbonyl (C=O) groups is 2. The lowest BCUT2D eigenvalue weighted by Gasteiger charge is -2.37. The van der Waals surface area contributed by atoms with Crippen LogP contribution in [-0.4, -0.2) is 63.2 Å². The van der Waals surface area contributed by atoms with Crippen LogP contribution in [0.25, 0.3) is 0 Å². The SMILES string of the molecule is COc1ccccc1N1CCN(CCc2ccc(OC(C)=O)c3c2CCCN3C(C)=O)CC1. The quantitative estimate of drug-likeness (QED) is 0.496. The van der Waals surface area contributed by atoms with E-state index in [4.69, 9.17) is 9.47 Å². The van der Waals surface area contributed by atoms with Crippen LogP contribution in [0.3, 0.4) is 0 Å². The first-order valence-corrected chi connectivity index (χ1v) is 11.7. The Balaban J connectivity index is 1.44. The lowest BCUT2D eigenvalue weighted by molar-refractivity contribution is -0.132. The van der Waals surface area contributed by atoms with Crippen molar-refractivity contribution in [3.05, 3.63) is 47.5 Å². The van der Waals surface area contributed by atoms with E-state index in [1.165, 1.54) is 12.5 Å². The summed E-state index contributed by atoms with van der Waals surface area (Å²) in [6.07, 6.45) is 2.72. The number of amides is 1. The lowest BCUT2D eigenvalue weighted by atomic mass is 9.93. The fourth-order valence-electron chi connectivity index (χ4n) is 4.93. The van der Waals surface area contributed by atoms with Crippen LogP contribution >= 0.6 is 0 Å². The van der Waals surface area contributed by atoms with Crippen molar-refractivity contribution in [3.8, 4) is 11.5 Å². The van der Waals surface area contributed by atoms with Crippen LogP contribution in [0.5, 0.6) is 11.5 Å². The molecule has 0 aliphatic carbocycles. The van der Waals surface area contributed by atoms with Gasteiger partial charge in [0, 0.05) is 53.1 Å². The number of hydrogen-bond donors (Lipinski definition) is 0. The molecule has 2 aromatic rings. The number of para-hydroxylation sites is 2. The van der Waals surface area contributed by atoms with E-state index in [0.717, 1.165) is 74.7 Å². The molecule has 33 heavy (non-hydrogen) atoms. The topological polar surface area (TPSA) is 62.3 Å². The highest BCUT2D eigenvalue weighted by Crippen LogP contribution is 2.39. The van der Waals surface area contributed by atoms with Gasteiger partial charge in [0.25, 0.3) is 0 Å². The molecule has 4 rings (SSSR count). The van der Waals surface area contributed by atoms with E-state index >= 15 is 0 Å². The number of fused-ring (bicyclic) bond motifs is 1. The molecule has 0 unspecified atom stereocenters. The summed E-state index contributed by atoms with van der Waals surface area (Å²) < 4.78 is 11.0. The second-order valence-corrected chi connectivity index (χ2v) is 8.67. The largest absolute Gasteiger partial charge is 0.495 e. The van der Waals surface area contributed by atoms with Crippen molar-refractivity contribution < 1.29 is 19.1 Å². The minimum Gasteiger partial charge on any atom is -0.495 e. The van der Waals surface area contributed by atoms with E-state index in [-0.39, 0.29) is 11.9 Å². The van der Waals surface area contributed by atoms with Gasteiger partial charge >= 0.3 is 5.97 Å². The molecule has 0 bridgehead atoms. The van der Waals surface area contributed by atoms with Gasteiger partial charge < -0.3 is 19.3 Å². The number of benzene rings is 2. The molecular formula is C26H33N3O4. The Morgan fingerprint density at radius 1 is 0.939 bits per heavy atom. The van der Waals surface area contributed by atoms with Crippen LogP contribution in [0, 0.1) is 0 Å². The highest BCUT2D eigenvalue weighted by atomic mass is 16.5. The van der Waals surface area contributed by atoms with E-state index in [0.29, 0.717) is 12.3 Å². The number of nitrogens with zero attached hydrogens (tertiary/aromatic N) is 3. The van der Waals surface area contributed by atoms with Gasteiger partial charge in [0.1, 0.15) is 5.75 Å². The summed E-state index contributed by atoms with van der Waals surface area (Å²) >= 11 is 0. The Morgan fingerprint density at radius 2 is 1.70 bits per heavy atom. The third-order valence-corrected chi connectivity index (χ3v) is 6.55. The molecule has 2 aliphatic heterocycles. The first-order valence-electron chi connectivity index (χ1n) is 11.7. The van der Waals surface area contributed by atoms with Gasteiger partial charge in [0.15, 0.2) is 5.75 Å². The molecule has 2 heterocycles. The number of piperazine rings is 1. The lowest BCUT2D eigenvalue weighted by Crippen LogP contribution is -2.47. The summed E-state index contributed by atoms with van der Waals surface area (Å²) in [7, 11) is 1.72. The second-order valence-electron chi connectivity index (χ2n) is 8.67. The molecule has 0 spiro atoms. The van der Waals surface area contributed by atoms with Gasteiger partial charge in [-0.05, 0) is 48.6 Å². The zero-order valence-electron chi connectivity index (χ0n) is 19.8. The highest BCUT2D eigenvalue weighted by molar-refractivity contribution is 5.95. The maximum atomic E-state index is 12.3. The predicted molar refractivity (Wildman–Crippen MR) is 129 cm³/mol. The minimum atomic E-state index is -0.369. The Kier molecular flexibility index (Phi) is 7.18. The van der Waals surface area contributed by atoms with Crippen LogP contribution in [0.15, 0.2) is 36.4 Å². The van der Waals surface area contributed by atoms with Crippen molar-refractivity contribution in [2.24, 2.45) is 0 Å². The molecule has 2 aromatic carbocycles. The van der Waals surface area contributed by atoms with Gasteiger partial charge in [0.2, 0.25) is 5.91 Å². The monoisotopic (exact) mass is 451 g/mol. The summed E-state index contributed by atoms with van der Waals surface area (Å²) in [5.41, 5.74) is 4.31. The summed E-state index contributed by atoms with van der Waals surface area (Å²) in [4.78, 5) is 30.5. The second kappa shape index (κ2) is 10.3. The molecule has 176 valence electrons. The van der Waals surface area contributed by atoms with Crippen molar-refractivity contribution in [1.29, 1.82) is 0 Å². The molecule has 0 saturated carbocycles. The Bertz CT molecular complexity index is 1010. The molecule has 1 saturated heterocycles. The fourth-order valence-corrected chi connectivity index (χ4v) is 4.93. The molecule has 2 aliphatic rings. The predicted octanol–water partition coefficient (Wildman–Crippen LogP) is 3.28. The zero-order valence-corrected chi connectivity index (χ0v) is 19.8. The van der Waals surface area contributed by atoms with Crippen LogP contribution < -0.4 is 19.3 Å². The first-order chi connectivity index (χ1) is 16.0. The Hall–Kier alpha value is -3.06. The molecule has 1 amide bonds. The number of anilines is 2. The standard InChI is InChI=1S/C26H33N3O4/c1-19(30)29-13-6-7-22-21(10-11-25(26(22)29)33-20(2)31)12-14-27-15-17-28(18-16-27)23-8-4-5-9-24(23)32-3/h4-5,8-11H,6-7,12-18H2,1-3H3. The van der Waals surface area contributed by atoms with Crippen molar-refractivity contribution in [2.75, 3.05) is 56.2 Å². The molecule has 0 radical (unpaired) electrons. The smallest absolute Gasteiger partial charge is 0.308 e. The van der Waals surface area contributed by atoms with Gasteiger partial charge in [-0.2, -0.15) is 0 Å². The van der Waals surface area contributed by atoms with Crippen LogP contribution in [0.1, 0.15) is 31.4 Å². The molecular weight excluding hydrogens is 418 g/mol. The third kappa shape index (κ3) is 5.14. The minimum absolute atomic E-state index is 0.0195. The Labute approximate surface area is 195 Å². The van der Waals surface area contributed by atoms with Crippen molar-refractivity contribution in [3.63, 3.8) is 0 Å². The van der Waals surface area contributed by atoms with Crippen molar-refractivity contribution in [1.82, 2.24) is 4.90 Å². The van der Waals surface area contributed by atoms with Crippen molar-refractivity contribution >= 4 is 23.3 Å². The summed E-state index contributed by atoms with van der Waals surface area (Å²) in [6, 6.07) is 12.1. The number of methoxy groups -OCH3 is 1. The molecule has 0 aromatic heterocycles. The van der Waals surface area contributed by atoms with E-state index in [1.807, 2.05) is 18.2 Å². The number of esters is 1. The van der Waals surface area contributed by atoms with Gasteiger partial charge in [-0.1, -0.05) is 18.2 Å². The van der Waals surface area contributed by atoms with Gasteiger partial charge in [-0.3, -0.25) is 14.5 Å². The summed E-state index contributed by atoms with van der Waals surface area (Å²) in [5, 5.41) is 0. The fraction of sp³-hybridized carbons (Fsp3) is 0.462. The molecule has 7 heteroatoms. The first kappa shape index (κ1) is 23.1. The number of ether oxygens (including phenoxy) is 2. The number of rotatable bonds is 6. The maximum absolute atomic E-state index is 12.3. The molecule has 1 fully saturated rings. The van der Waals surface area contributed by atoms with Gasteiger partial charge in [-0.15, -0.1) is 0 Å². The highest BCUT2D eigenvalue weighted by Gasteiger charge is 2.27. The Morgan fingerprint density at radius 3 is 2.39 bits per heavy atom. The molecule has 7 nitrogen and oxygen atoms in total. The van der Waals surface area contributed by atoms with Crippen molar-refractivity contribution in [2.45, 2.75) is 33.1 Å². The van der Waals surface area contributed by atoms with Gasteiger partial charge in [0.05, 0.1) is 18.5 Å². The average molecular weight is 452 g/mol. The zero-order chi connectivity index (χ0) is 23.4. The van der Waals surface area contributed by atoms with E-state index in [2.05, 4.69) is 28.0 Å². The summed E-state index contributed by atoms with van der Waals surface area (Å²) in [6.45, 7) is 8.48. The van der Waals surface area contributed by atoms with Gasteiger partial charge in [-0.25, -0.2) is 0 Å². The third-order valence-electron chi connectivity index (χ3n) is 6.55. The average Bonchev–Trinajstić information content (AvgIpc) is 2.83. The molecule has 0 atom stereocenters. The summed E-state index contributed by atoms with van der Waals surface area (Å²) in [5.74, 6) is 1.02. The number of hydrogen-bond acceptors (Lipinski definition) is 6. The maximum Gasteiger partial charge on any atom is 0.308 e. The normalized spacial score (nSPS) is 16.3. The van der Waals surface area contributed by atoms with Crippen LogP contribution in [0.4, 0.5) is 11.4 Å². The van der Waals surface area contributed by atoms with E-state index in [1.54, 1.807) is 18.9 Å².